The number of benzene rings is 1. The lowest BCUT2D eigenvalue weighted by atomic mass is 10.0. The first-order valence-electron chi connectivity index (χ1n) is 10.3. The van der Waals surface area contributed by atoms with E-state index in [-0.39, 0.29) is 23.4 Å². The highest BCUT2D eigenvalue weighted by molar-refractivity contribution is 6.20. The van der Waals surface area contributed by atoms with Gasteiger partial charge in [-0.2, -0.15) is 0 Å². The van der Waals surface area contributed by atoms with Crippen LogP contribution in [0.2, 0.25) is 0 Å². The van der Waals surface area contributed by atoms with Gasteiger partial charge in [-0.05, 0) is 48.4 Å². The second kappa shape index (κ2) is 9.38. The minimum atomic E-state index is -3.84. The van der Waals surface area contributed by atoms with Crippen LogP contribution in [0.15, 0.2) is 59.7 Å². The number of hydrogen-bond acceptors (Lipinski definition) is 5. The van der Waals surface area contributed by atoms with Crippen molar-refractivity contribution in [2.75, 3.05) is 23.3 Å². The molecule has 4 rings (SSSR count). The van der Waals surface area contributed by atoms with Crippen molar-refractivity contribution < 1.29 is 22.7 Å². The molecule has 0 unspecified atom stereocenters. The monoisotopic (exact) mass is 492 g/mol. The van der Waals surface area contributed by atoms with Crippen molar-refractivity contribution in [2.45, 2.75) is 18.2 Å². The van der Waals surface area contributed by atoms with E-state index in [9.17, 15) is 22.8 Å². The van der Waals surface area contributed by atoms with E-state index in [1.807, 2.05) is 0 Å². The van der Waals surface area contributed by atoms with Gasteiger partial charge < -0.3 is 19.5 Å². The van der Waals surface area contributed by atoms with Gasteiger partial charge in [0.25, 0.3) is 11.5 Å². The van der Waals surface area contributed by atoms with Crippen molar-refractivity contribution in [3.05, 3.63) is 70.8 Å². The maximum atomic E-state index is 13.8. The molecule has 3 aromatic rings. The molecule has 1 saturated heterocycles. The molecule has 1 aromatic carbocycles. The summed E-state index contributed by atoms with van der Waals surface area (Å²) in [5.41, 5.74) is -2.49. The van der Waals surface area contributed by atoms with Crippen molar-refractivity contribution in [3.63, 3.8) is 0 Å². The molecule has 178 valence electrons. The molecule has 0 saturated carbocycles. The number of nitrogens with one attached hydrogen (secondary N) is 1. The fourth-order valence-corrected chi connectivity index (χ4v) is 3.70. The van der Waals surface area contributed by atoms with Crippen LogP contribution in [0.3, 0.4) is 0 Å². The summed E-state index contributed by atoms with van der Waals surface area (Å²) in [5.74, 6) is -0.201. The number of ether oxygens (including phenoxy) is 1. The number of nitrogens with zero attached hydrogens (tertiary/aromatic N) is 3. The number of anilines is 2. The topological polar surface area (TPSA) is 76.5 Å². The van der Waals surface area contributed by atoms with E-state index in [0.29, 0.717) is 35.6 Å². The predicted molar refractivity (Wildman–Crippen MR) is 122 cm³/mol. The molecule has 11 heteroatoms. The van der Waals surface area contributed by atoms with E-state index in [1.54, 1.807) is 30.3 Å². The standard InChI is InChI=1S/C23H20ClF3N4O3/c1-30-8-6-14(11-20(30)32)19-10-15(12-28-21(19)31-9-7-16(25)13-31)22(33)29-17-2-4-18(5-3-17)34-23(24,26)27/h2-6,8,10-12,16H,7,9,13H2,1H3,(H,29,33)/t16-/m1/s1. The number of hydrogen-bond donors (Lipinski definition) is 1. The summed E-state index contributed by atoms with van der Waals surface area (Å²) < 4.78 is 45.0. The molecule has 0 spiro atoms. The van der Waals surface area contributed by atoms with Gasteiger partial charge in [0, 0.05) is 54.9 Å². The zero-order valence-corrected chi connectivity index (χ0v) is 18.7. The Bertz CT molecular complexity index is 1260. The van der Waals surface area contributed by atoms with Gasteiger partial charge in [-0.1, -0.05) is 0 Å². The molecule has 7 nitrogen and oxygen atoms in total. The molecule has 3 heterocycles. The summed E-state index contributed by atoms with van der Waals surface area (Å²) in [7, 11) is 1.62. The van der Waals surface area contributed by atoms with Crippen molar-refractivity contribution in [2.24, 2.45) is 7.05 Å². The van der Waals surface area contributed by atoms with Gasteiger partial charge in [0.1, 0.15) is 17.7 Å². The molecule has 2 aromatic heterocycles. The van der Waals surface area contributed by atoms with Gasteiger partial charge in [-0.15, -0.1) is 8.78 Å². The lowest BCUT2D eigenvalue weighted by molar-refractivity contribution is -0.0964. The first-order chi connectivity index (χ1) is 16.1. The first-order valence-corrected chi connectivity index (χ1v) is 10.7. The van der Waals surface area contributed by atoms with Crippen LogP contribution >= 0.6 is 11.6 Å². The van der Waals surface area contributed by atoms with Gasteiger partial charge in [0.05, 0.1) is 12.1 Å². The summed E-state index contributed by atoms with van der Waals surface area (Å²) in [6.07, 6.45) is 2.36. The van der Waals surface area contributed by atoms with Gasteiger partial charge in [-0.25, -0.2) is 9.37 Å². The average molecular weight is 493 g/mol. The number of pyridine rings is 2. The maximum Gasteiger partial charge on any atom is 0.487 e. The van der Waals surface area contributed by atoms with E-state index < -0.39 is 17.6 Å². The Morgan fingerprint density at radius 1 is 1.24 bits per heavy atom. The quantitative estimate of drug-likeness (QED) is 0.516. The normalized spacial score (nSPS) is 15.9. The highest BCUT2D eigenvalue weighted by atomic mass is 35.5. The number of alkyl halides is 4. The summed E-state index contributed by atoms with van der Waals surface area (Å²) in [6, 6.07) is 9.96. The molecule has 1 fully saturated rings. The highest BCUT2D eigenvalue weighted by Crippen LogP contribution is 2.32. The maximum absolute atomic E-state index is 13.8. The third kappa shape index (κ3) is 5.51. The lowest BCUT2D eigenvalue weighted by Crippen LogP contribution is -2.23. The van der Waals surface area contributed by atoms with Crippen LogP contribution in [0.5, 0.6) is 5.75 Å². The summed E-state index contributed by atoms with van der Waals surface area (Å²) >= 11 is 4.75. The number of aromatic nitrogens is 2. The average Bonchev–Trinajstić information content (AvgIpc) is 3.21. The Balaban J connectivity index is 1.62. The van der Waals surface area contributed by atoms with Crippen LogP contribution in [0, 0.1) is 0 Å². The minimum Gasteiger partial charge on any atom is -0.420 e. The number of amides is 1. The Kier molecular flexibility index (Phi) is 6.52. The second-order valence-corrected chi connectivity index (χ2v) is 8.26. The predicted octanol–water partition coefficient (Wildman–Crippen LogP) is 4.42. The Morgan fingerprint density at radius 3 is 2.59 bits per heavy atom. The molecular weight excluding hydrogens is 473 g/mol. The number of rotatable bonds is 6. The van der Waals surface area contributed by atoms with Crippen LogP contribution in [-0.4, -0.2) is 40.3 Å². The van der Waals surface area contributed by atoms with Crippen molar-refractivity contribution in [1.29, 1.82) is 0 Å². The summed E-state index contributed by atoms with van der Waals surface area (Å²) in [6.45, 7) is 0.638. The third-order valence-corrected chi connectivity index (χ3v) is 5.40. The zero-order valence-electron chi connectivity index (χ0n) is 18.0. The first kappa shape index (κ1) is 23.6. The van der Waals surface area contributed by atoms with E-state index in [1.165, 1.54) is 41.1 Å². The zero-order chi connectivity index (χ0) is 24.5. The molecular formula is C23H20ClF3N4O3. The van der Waals surface area contributed by atoms with Gasteiger partial charge in [0.2, 0.25) is 0 Å². The van der Waals surface area contributed by atoms with Crippen LogP contribution < -0.4 is 20.5 Å². The molecule has 0 bridgehead atoms. The Labute approximate surface area is 197 Å². The number of halogens is 4. The fourth-order valence-electron chi connectivity index (χ4n) is 3.62. The number of aryl methyl sites for hydroxylation is 1. The van der Waals surface area contributed by atoms with E-state index in [2.05, 4.69) is 15.0 Å². The smallest absolute Gasteiger partial charge is 0.420 e. The molecule has 1 N–H and O–H groups in total. The summed E-state index contributed by atoms with van der Waals surface area (Å²) in [5, 5.41) is 2.65. The van der Waals surface area contributed by atoms with Crippen LogP contribution in [-0.2, 0) is 7.05 Å². The second-order valence-electron chi connectivity index (χ2n) is 7.82. The third-order valence-electron chi connectivity index (χ3n) is 5.32. The van der Waals surface area contributed by atoms with Gasteiger partial charge >= 0.3 is 5.57 Å². The fraction of sp³-hybridized carbons (Fsp3) is 0.261. The van der Waals surface area contributed by atoms with Crippen molar-refractivity contribution in [1.82, 2.24) is 9.55 Å². The molecule has 34 heavy (non-hydrogen) atoms. The van der Waals surface area contributed by atoms with E-state index >= 15 is 0 Å². The van der Waals surface area contributed by atoms with Crippen LogP contribution in [0.25, 0.3) is 11.1 Å². The molecule has 1 atom stereocenters. The lowest BCUT2D eigenvalue weighted by Gasteiger charge is -2.21. The van der Waals surface area contributed by atoms with Crippen molar-refractivity contribution in [3.8, 4) is 16.9 Å². The van der Waals surface area contributed by atoms with Crippen LogP contribution in [0.1, 0.15) is 16.8 Å². The number of carbonyl (C=O) groups excluding carboxylic acids is 1. The Morgan fingerprint density at radius 2 is 1.97 bits per heavy atom. The molecule has 0 aliphatic carbocycles. The largest absolute Gasteiger partial charge is 0.487 e. The van der Waals surface area contributed by atoms with Crippen LogP contribution in [0.4, 0.5) is 24.7 Å². The molecule has 1 aliphatic heterocycles. The molecule has 0 radical (unpaired) electrons. The van der Waals surface area contributed by atoms with Gasteiger partial charge in [-0.3, -0.25) is 9.59 Å². The Hall–Kier alpha value is -3.53. The minimum absolute atomic E-state index is 0.172. The number of carbonyl (C=O) groups is 1. The SMILES string of the molecule is Cn1ccc(-c2cc(C(=O)Nc3ccc(OC(F)(F)Cl)cc3)cnc2N2CC[C@@H](F)C2)cc1=O. The highest BCUT2D eigenvalue weighted by Gasteiger charge is 2.28. The van der Waals surface area contributed by atoms with E-state index in [4.69, 9.17) is 11.6 Å². The van der Waals surface area contributed by atoms with E-state index in [0.717, 1.165) is 0 Å². The summed E-state index contributed by atoms with van der Waals surface area (Å²) in [4.78, 5) is 31.2. The molecule has 1 aliphatic rings. The molecule has 1 amide bonds. The van der Waals surface area contributed by atoms with Gasteiger partial charge in [0.15, 0.2) is 0 Å². The van der Waals surface area contributed by atoms with Crippen molar-refractivity contribution >= 4 is 29.0 Å².